The van der Waals surface area contributed by atoms with Crippen LogP contribution in [0.25, 0.3) is 0 Å². The second-order valence-electron chi connectivity index (χ2n) is 1.82. The minimum Gasteiger partial charge on any atom is -0.514 e. The van der Waals surface area contributed by atoms with Gasteiger partial charge in [0.1, 0.15) is 0 Å². The average Bonchev–Trinajstić information content (AvgIpc) is 2.27. The molecule has 1 aliphatic heterocycles. The maximum atomic E-state index is 5.22. The van der Waals surface area contributed by atoms with Crippen LogP contribution in [0.1, 0.15) is 0 Å². The molecule has 0 aromatic heterocycles. The third kappa shape index (κ3) is 0.906. The quantitative estimate of drug-likeness (QED) is 0.365. The van der Waals surface area contributed by atoms with Gasteiger partial charge in [0.25, 0.3) is 0 Å². The van der Waals surface area contributed by atoms with Crippen molar-refractivity contribution in [1.82, 2.24) is 0 Å². The van der Waals surface area contributed by atoms with Crippen LogP contribution in [0.4, 0.5) is 0 Å². The van der Waals surface area contributed by atoms with E-state index in [1.54, 1.807) is 12.2 Å². The molecule has 0 aromatic carbocycles. The molecule has 10 heavy (non-hydrogen) atoms. The molecule has 2 nitrogen and oxygen atoms in total. The minimum absolute atomic E-state index is 0.197. The molecule has 0 radical (unpaired) electrons. The maximum absolute atomic E-state index is 5.22. The zero-order valence-corrected chi connectivity index (χ0v) is 7.08. The van der Waals surface area contributed by atoms with E-state index in [0.29, 0.717) is 0 Å². The Morgan fingerprint density at radius 1 is 1.20 bits per heavy atom. The summed E-state index contributed by atoms with van der Waals surface area (Å²) in [6.07, 6.45) is 3.43. The van der Waals surface area contributed by atoms with Gasteiger partial charge in [-0.2, -0.15) is 0 Å². The Balaban J connectivity index is 2.35. The van der Waals surface area contributed by atoms with Crippen molar-refractivity contribution in [2.24, 2.45) is 0 Å². The Labute approximate surface area is 71.9 Å². The van der Waals surface area contributed by atoms with E-state index in [2.05, 4.69) is 33.8 Å². The summed E-state index contributed by atoms with van der Waals surface area (Å²) in [5.74, 6) is 1.50. The van der Waals surface area contributed by atoms with Gasteiger partial charge in [-0.15, -0.1) is 0 Å². The van der Waals surface area contributed by atoms with Crippen molar-refractivity contribution in [3.8, 4) is 0 Å². The van der Waals surface area contributed by atoms with E-state index in [4.69, 9.17) is 9.31 Å². The molecule has 0 N–H and O–H groups in total. The van der Waals surface area contributed by atoms with Gasteiger partial charge < -0.3 is 9.31 Å². The SMILES string of the molecule is IB1OC2=C(C=C=C=C2)O1. The van der Waals surface area contributed by atoms with Gasteiger partial charge in [-0.05, 0) is 22.4 Å². The molecule has 0 fully saturated rings. The summed E-state index contributed by atoms with van der Waals surface area (Å²) in [4.78, 5) is -0.197. The highest BCUT2D eigenvalue weighted by atomic mass is 127. The first-order valence-corrected chi connectivity index (χ1v) is 4.00. The summed E-state index contributed by atoms with van der Waals surface area (Å²) >= 11 is 2.06. The first-order chi connectivity index (χ1) is 4.86. The molecule has 0 saturated heterocycles. The Hall–Kier alpha value is -0.565. The number of allylic oxidation sites excluding steroid dienone is 2. The number of rotatable bonds is 0. The van der Waals surface area contributed by atoms with Crippen LogP contribution in [-0.4, -0.2) is 4.97 Å². The first kappa shape index (κ1) is 6.16. The van der Waals surface area contributed by atoms with Crippen molar-refractivity contribution in [1.29, 1.82) is 0 Å². The van der Waals surface area contributed by atoms with Crippen molar-refractivity contribution in [2.75, 3.05) is 0 Å². The van der Waals surface area contributed by atoms with E-state index in [9.17, 15) is 0 Å². The molecule has 0 saturated carbocycles. The van der Waals surface area contributed by atoms with Gasteiger partial charge in [0.2, 0.25) is 0 Å². The summed E-state index contributed by atoms with van der Waals surface area (Å²) < 4.78 is 10.4. The highest BCUT2D eigenvalue weighted by Gasteiger charge is 2.29. The van der Waals surface area contributed by atoms with E-state index in [0.717, 1.165) is 11.5 Å². The summed E-state index contributed by atoms with van der Waals surface area (Å²) in [6, 6.07) is 0. The molecule has 2 aliphatic rings. The lowest BCUT2D eigenvalue weighted by Gasteiger charge is -1.93. The van der Waals surface area contributed by atoms with Gasteiger partial charge in [-0.25, -0.2) is 0 Å². The second kappa shape index (κ2) is 2.24. The molecule has 4 heteroatoms. The zero-order chi connectivity index (χ0) is 6.97. The lowest BCUT2D eigenvalue weighted by atomic mass is 10.3. The van der Waals surface area contributed by atoms with Crippen LogP contribution in [0.5, 0.6) is 0 Å². The molecule has 0 aromatic rings. The predicted octanol–water partition coefficient (Wildman–Crippen LogP) is 1.54. The van der Waals surface area contributed by atoms with Crippen molar-refractivity contribution in [3.63, 3.8) is 0 Å². The number of halogens is 1. The molecule has 0 spiro atoms. The molecular weight excluding hydrogens is 242 g/mol. The van der Waals surface area contributed by atoms with Crippen LogP contribution in [-0.2, 0) is 9.31 Å². The van der Waals surface area contributed by atoms with Gasteiger partial charge in [0, 0.05) is 12.2 Å². The van der Waals surface area contributed by atoms with Crippen molar-refractivity contribution in [2.45, 2.75) is 0 Å². The molecule has 0 unspecified atom stereocenters. The standard InChI is InChI=1S/C6H2BIO2/c8-7-9-5-3-1-2-4-6(5)10-7/h3-4H. The van der Waals surface area contributed by atoms with E-state index in [1.807, 2.05) is 0 Å². The van der Waals surface area contributed by atoms with Crippen molar-refractivity contribution >= 4 is 27.3 Å². The lowest BCUT2D eigenvalue weighted by Crippen LogP contribution is -2.02. The normalized spacial score (nSPS) is 19.1. The lowest BCUT2D eigenvalue weighted by molar-refractivity contribution is 0.417. The summed E-state index contributed by atoms with van der Waals surface area (Å²) in [5, 5.41) is 0. The molecule has 0 amide bonds. The van der Waals surface area contributed by atoms with E-state index < -0.39 is 0 Å². The van der Waals surface area contributed by atoms with Crippen LogP contribution in [0.2, 0.25) is 0 Å². The number of hydrogen-bond acceptors (Lipinski definition) is 2. The number of hydrogen-bond donors (Lipinski definition) is 0. The molecular formula is C6H2BIO2. The van der Waals surface area contributed by atoms with Crippen LogP contribution in [0, 0.1) is 0 Å². The van der Waals surface area contributed by atoms with E-state index >= 15 is 0 Å². The monoisotopic (exact) mass is 244 g/mol. The zero-order valence-electron chi connectivity index (χ0n) is 4.93. The van der Waals surface area contributed by atoms with Crippen molar-refractivity contribution < 1.29 is 9.31 Å². The summed E-state index contributed by atoms with van der Waals surface area (Å²) in [6.45, 7) is 0. The van der Waals surface area contributed by atoms with Crippen LogP contribution in [0.3, 0.4) is 0 Å². The first-order valence-electron chi connectivity index (χ1n) is 2.75. The third-order valence-electron chi connectivity index (χ3n) is 1.17. The summed E-state index contributed by atoms with van der Waals surface area (Å²) in [7, 11) is 0. The minimum atomic E-state index is -0.197. The largest absolute Gasteiger partial charge is 0.669 e. The van der Waals surface area contributed by atoms with Gasteiger partial charge in [0.05, 0.1) is 0 Å². The predicted molar refractivity (Wildman–Crippen MR) is 45.1 cm³/mol. The fourth-order valence-electron chi connectivity index (χ4n) is 0.765. The maximum Gasteiger partial charge on any atom is 0.669 e. The van der Waals surface area contributed by atoms with E-state index in [1.165, 1.54) is 0 Å². The van der Waals surface area contributed by atoms with Crippen LogP contribution < -0.4 is 0 Å². The van der Waals surface area contributed by atoms with Crippen LogP contribution >= 0.6 is 22.4 Å². The average molecular weight is 244 g/mol. The highest BCUT2D eigenvalue weighted by molar-refractivity contribution is 14.1. The van der Waals surface area contributed by atoms with Gasteiger partial charge >= 0.3 is 4.97 Å². The van der Waals surface area contributed by atoms with Crippen LogP contribution in [0.15, 0.2) is 35.1 Å². The molecule has 48 valence electrons. The van der Waals surface area contributed by atoms with Gasteiger partial charge in [-0.1, -0.05) is 11.5 Å². The highest BCUT2D eigenvalue weighted by Crippen LogP contribution is 2.25. The topological polar surface area (TPSA) is 18.5 Å². The van der Waals surface area contributed by atoms with Gasteiger partial charge in [-0.3, -0.25) is 0 Å². The third-order valence-corrected chi connectivity index (χ3v) is 1.68. The van der Waals surface area contributed by atoms with E-state index in [-0.39, 0.29) is 4.97 Å². The fourth-order valence-corrected chi connectivity index (χ4v) is 1.31. The molecule has 2 rings (SSSR count). The Morgan fingerprint density at radius 3 is 2.20 bits per heavy atom. The second-order valence-corrected chi connectivity index (χ2v) is 2.83. The molecule has 1 aliphatic carbocycles. The van der Waals surface area contributed by atoms with Crippen molar-refractivity contribution in [3.05, 3.63) is 35.1 Å². The molecule has 0 bridgehead atoms. The fraction of sp³-hybridized carbons (Fsp3) is 0. The molecule has 0 atom stereocenters. The molecule has 1 heterocycles. The Morgan fingerprint density at radius 2 is 1.70 bits per heavy atom. The van der Waals surface area contributed by atoms with Gasteiger partial charge in [0.15, 0.2) is 11.5 Å². The Kier molecular flexibility index (Phi) is 1.38. The Bertz CT molecular complexity index is 267. The summed E-state index contributed by atoms with van der Waals surface area (Å²) in [5.41, 5.74) is 5.56. The smallest absolute Gasteiger partial charge is 0.514 e.